The number of methoxy groups -OCH3 is 1. The number of esters is 1. The van der Waals surface area contributed by atoms with Crippen molar-refractivity contribution in [1.29, 1.82) is 0 Å². The van der Waals surface area contributed by atoms with Crippen LogP contribution in [0, 0.1) is 0 Å². The van der Waals surface area contributed by atoms with Gasteiger partial charge < -0.3 is 10.1 Å². The maximum Gasteiger partial charge on any atom is 0.322 e. The van der Waals surface area contributed by atoms with Gasteiger partial charge in [0, 0.05) is 0 Å². The van der Waals surface area contributed by atoms with Crippen LogP contribution in [0.5, 0.6) is 0 Å². The van der Waals surface area contributed by atoms with Crippen molar-refractivity contribution in [3.63, 3.8) is 0 Å². The highest BCUT2D eigenvalue weighted by Crippen LogP contribution is 2.05. The molecule has 1 atom stereocenters. The molecule has 12 heavy (non-hydrogen) atoms. The predicted octanol–water partition coefficient (Wildman–Crippen LogP) is 1.09. The molecular formula is C8H18FNO2. The second kappa shape index (κ2) is 8.46. The normalized spacial score (nSPS) is 20.1. The molecule has 4 heteroatoms. The monoisotopic (exact) mass is 179 g/mol. The number of nitrogens with one attached hydrogen (secondary N) is 1. The quantitative estimate of drug-likeness (QED) is 0.612. The molecular weight excluding hydrogens is 161 g/mol. The van der Waals surface area contributed by atoms with Crippen LogP contribution in [0.4, 0.5) is 4.70 Å². The molecule has 1 aliphatic heterocycles. The number of rotatable bonds is 1. The van der Waals surface area contributed by atoms with Crippen LogP contribution in [0.2, 0.25) is 0 Å². The van der Waals surface area contributed by atoms with Crippen LogP contribution in [-0.4, -0.2) is 25.7 Å². The predicted molar refractivity (Wildman–Crippen MR) is 46.9 cm³/mol. The topological polar surface area (TPSA) is 38.3 Å². The van der Waals surface area contributed by atoms with Crippen molar-refractivity contribution < 1.29 is 14.2 Å². The SMILES string of the molecule is CC.COC(=O)[C@@H]1CCCN1.F. The smallest absolute Gasteiger partial charge is 0.322 e. The van der Waals surface area contributed by atoms with Crippen molar-refractivity contribution in [1.82, 2.24) is 5.32 Å². The van der Waals surface area contributed by atoms with E-state index in [0.717, 1.165) is 19.4 Å². The Morgan fingerprint density at radius 3 is 2.42 bits per heavy atom. The molecule has 0 saturated carbocycles. The summed E-state index contributed by atoms with van der Waals surface area (Å²) >= 11 is 0. The highest BCUT2D eigenvalue weighted by Gasteiger charge is 2.21. The Morgan fingerprint density at radius 2 is 2.08 bits per heavy atom. The van der Waals surface area contributed by atoms with Crippen LogP contribution < -0.4 is 5.32 Å². The standard InChI is InChI=1S/C6H11NO2.C2H6.FH/c1-9-6(8)5-3-2-4-7-5;1-2;/h5,7H,2-4H2,1H3;1-2H3;1H/t5-;;/m0../s1. The van der Waals surface area contributed by atoms with Crippen LogP contribution in [0.15, 0.2) is 0 Å². The van der Waals surface area contributed by atoms with Crippen LogP contribution in [0.25, 0.3) is 0 Å². The van der Waals surface area contributed by atoms with Crippen LogP contribution >= 0.6 is 0 Å². The highest BCUT2D eigenvalue weighted by molar-refractivity contribution is 5.75. The zero-order valence-electron chi connectivity index (χ0n) is 7.92. The molecule has 0 aromatic carbocycles. The van der Waals surface area contributed by atoms with Crippen molar-refractivity contribution in [3.8, 4) is 0 Å². The molecule has 1 aliphatic rings. The average Bonchev–Trinajstić information content (AvgIpc) is 2.59. The van der Waals surface area contributed by atoms with E-state index in [1.807, 2.05) is 13.8 Å². The Bertz CT molecular complexity index is 114. The van der Waals surface area contributed by atoms with Gasteiger partial charge in [0.1, 0.15) is 6.04 Å². The number of ether oxygens (including phenoxy) is 1. The summed E-state index contributed by atoms with van der Waals surface area (Å²) in [5.74, 6) is -0.132. The number of hydrogen-bond acceptors (Lipinski definition) is 3. The lowest BCUT2D eigenvalue weighted by Gasteiger charge is -2.04. The first-order valence-electron chi connectivity index (χ1n) is 4.16. The van der Waals surface area contributed by atoms with Gasteiger partial charge in [0.15, 0.2) is 0 Å². The zero-order chi connectivity index (χ0) is 8.69. The lowest BCUT2D eigenvalue weighted by atomic mass is 10.2. The van der Waals surface area contributed by atoms with Crippen molar-refractivity contribution in [2.45, 2.75) is 32.7 Å². The number of hydrogen-bond donors (Lipinski definition) is 1. The maximum atomic E-state index is 10.7. The molecule has 0 bridgehead atoms. The molecule has 0 aromatic rings. The van der Waals surface area contributed by atoms with Crippen LogP contribution in [-0.2, 0) is 9.53 Å². The minimum atomic E-state index is -0.132. The molecule has 1 fully saturated rings. The van der Waals surface area contributed by atoms with Gasteiger partial charge in [-0.1, -0.05) is 13.8 Å². The molecule has 1 heterocycles. The fraction of sp³-hybridized carbons (Fsp3) is 0.875. The molecule has 0 amide bonds. The lowest BCUT2D eigenvalue weighted by molar-refractivity contribution is -0.142. The van der Waals surface area contributed by atoms with Crippen LogP contribution in [0.3, 0.4) is 0 Å². The van der Waals surface area contributed by atoms with Crippen molar-refractivity contribution in [2.24, 2.45) is 0 Å². The minimum Gasteiger partial charge on any atom is -0.468 e. The largest absolute Gasteiger partial charge is 0.468 e. The Balaban J connectivity index is 0. The molecule has 0 aromatic heterocycles. The average molecular weight is 179 g/mol. The van der Waals surface area contributed by atoms with E-state index >= 15 is 0 Å². The van der Waals surface area contributed by atoms with E-state index in [1.54, 1.807) is 0 Å². The van der Waals surface area contributed by atoms with E-state index in [0.29, 0.717) is 0 Å². The van der Waals surface area contributed by atoms with Gasteiger partial charge in [-0.2, -0.15) is 0 Å². The first kappa shape index (κ1) is 13.9. The molecule has 74 valence electrons. The molecule has 0 aliphatic carbocycles. The fourth-order valence-electron chi connectivity index (χ4n) is 1.03. The number of halogens is 1. The van der Waals surface area contributed by atoms with Gasteiger partial charge in [-0.3, -0.25) is 9.50 Å². The van der Waals surface area contributed by atoms with E-state index < -0.39 is 0 Å². The minimum absolute atomic E-state index is 0. The molecule has 0 unspecified atom stereocenters. The van der Waals surface area contributed by atoms with Gasteiger partial charge in [-0.05, 0) is 19.4 Å². The Kier molecular flexibility index (Phi) is 9.81. The Labute approximate surface area is 72.8 Å². The first-order valence-corrected chi connectivity index (χ1v) is 4.16. The van der Waals surface area contributed by atoms with E-state index in [9.17, 15) is 4.79 Å². The maximum absolute atomic E-state index is 10.7. The van der Waals surface area contributed by atoms with Crippen molar-refractivity contribution in [2.75, 3.05) is 13.7 Å². The van der Waals surface area contributed by atoms with E-state index in [-0.39, 0.29) is 16.7 Å². The van der Waals surface area contributed by atoms with E-state index in [2.05, 4.69) is 10.1 Å². The van der Waals surface area contributed by atoms with Crippen LogP contribution in [0.1, 0.15) is 26.7 Å². The van der Waals surface area contributed by atoms with Gasteiger partial charge in [-0.15, -0.1) is 0 Å². The molecule has 3 nitrogen and oxygen atoms in total. The summed E-state index contributed by atoms with van der Waals surface area (Å²) in [6.07, 6.45) is 2.01. The molecule has 1 rings (SSSR count). The third-order valence-corrected chi connectivity index (χ3v) is 1.55. The Morgan fingerprint density at radius 1 is 1.50 bits per heavy atom. The summed E-state index contributed by atoms with van der Waals surface area (Å²) in [7, 11) is 1.42. The number of carbonyl (C=O) groups is 1. The second-order valence-electron chi connectivity index (χ2n) is 2.17. The van der Waals surface area contributed by atoms with Gasteiger partial charge >= 0.3 is 5.97 Å². The fourth-order valence-corrected chi connectivity index (χ4v) is 1.03. The summed E-state index contributed by atoms with van der Waals surface area (Å²) in [4.78, 5) is 10.7. The highest BCUT2D eigenvalue weighted by atomic mass is 19.0. The van der Waals surface area contributed by atoms with Gasteiger partial charge in [0.05, 0.1) is 7.11 Å². The third kappa shape index (κ3) is 4.28. The lowest BCUT2D eigenvalue weighted by Crippen LogP contribution is -2.31. The summed E-state index contributed by atoms with van der Waals surface area (Å²) in [5, 5.41) is 3.03. The molecule has 1 N–H and O–H groups in total. The third-order valence-electron chi connectivity index (χ3n) is 1.55. The molecule has 1 saturated heterocycles. The van der Waals surface area contributed by atoms with E-state index in [1.165, 1.54) is 7.11 Å². The van der Waals surface area contributed by atoms with E-state index in [4.69, 9.17) is 0 Å². The summed E-state index contributed by atoms with van der Waals surface area (Å²) in [6, 6.07) is -0.0324. The van der Waals surface area contributed by atoms with Gasteiger partial charge in [0.25, 0.3) is 0 Å². The van der Waals surface area contributed by atoms with Crippen molar-refractivity contribution in [3.05, 3.63) is 0 Å². The molecule has 0 radical (unpaired) electrons. The van der Waals surface area contributed by atoms with Gasteiger partial charge in [-0.25, -0.2) is 0 Å². The van der Waals surface area contributed by atoms with Crippen molar-refractivity contribution >= 4 is 5.97 Å². The summed E-state index contributed by atoms with van der Waals surface area (Å²) in [5.41, 5.74) is 0. The summed E-state index contributed by atoms with van der Waals surface area (Å²) < 4.78 is 4.53. The second-order valence-corrected chi connectivity index (χ2v) is 2.17. The molecule has 0 spiro atoms. The first-order chi connectivity index (χ1) is 5.34. The zero-order valence-corrected chi connectivity index (χ0v) is 7.92. The summed E-state index contributed by atoms with van der Waals surface area (Å²) in [6.45, 7) is 4.94. The van der Waals surface area contributed by atoms with Gasteiger partial charge in [0.2, 0.25) is 0 Å². The Hall–Kier alpha value is -0.640. The number of carbonyl (C=O) groups excluding carboxylic acids is 1.